The fourth-order valence-corrected chi connectivity index (χ4v) is 2.15. The summed E-state index contributed by atoms with van der Waals surface area (Å²) in [4.78, 5) is 11.8. The molecule has 4 nitrogen and oxygen atoms in total. The molecule has 0 atom stereocenters. The van der Waals surface area contributed by atoms with Crippen molar-refractivity contribution >= 4 is 5.97 Å². The third kappa shape index (κ3) is 11.7. The van der Waals surface area contributed by atoms with E-state index in [1.165, 1.54) is 0 Å². The lowest BCUT2D eigenvalue weighted by atomic mass is 10.1. The molecule has 0 aromatic rings. The summed E-state index contributed by atoms with van der Waals surface area (Å²) in [6, 6.07) is 0. The van der Waals surface area contributed by atoms with Crippen molar-refractivity contribution in [2.75, 3.05) is 6.61 Å². The van der Waals surface area contributed by atoms with E-state index >= 15 is 0 Å². The summed E-state index contributed by atoms with van der Waals surface area (Å²) in [5, 5.41) is 0. The van der Waals surface area contributed by atoms with E-state index in [0.717, 1.165) is 12.8 Å². The van der Waals surface area contributed by atoms with Crippen LogP contribution in [0.5, 0.6) is 0 Å². The van der Waals surface area contributed by atoms with Gasteiger partial charge in [-0.1, -0.05) is 13.3 Å². The smallest absolute Gasteiger partial charge is 0.305 e. The molecule has 0 fully saturated rings. The van der Waals surface area contributed by atoms with Crippen LogP contribution in [0, 0.1) is 0 Å². The molecular formula is C17H34O4. The van der Waals surface area contributed by atoms with Crippen molar-refractivity contribution in [3.63, 3.8) is 0 Å². The van der Waals surface area contributed by atoms with Crippen LogP contribution in [-0.2, 0) is 19.0 Å². The Hall–Kier alpha value is -0.610. The summed E-state index contributed by atoms with van der Waals surface area (Å²) in [6.07, 6.45) is 2.70. The first-order chi connectivity index (χ1) is 9.37. The Bertz CT molecular complexity index is 294. The van der Waals surface area contributed by atoms with Gasteiger partial charge in [-0.3, -0.25) is 4.79 Å². The molecule has 0 aromatic heterocycles. The quantitative estimate of drug-likeness (QED) is 0.377. The lowest BCUT2D eigenvalue weighted by molar-refractivity contribution is -0.304. The molecule has 0 unspecified atom stereocenters. The Kier molecular flexibility index (Phi) is 7.90. The zero-order valence-electron chi connectivity index (χ0n) is 15.2. The fraction of sp³-hybridized carbons (Fsp3) is 0.941. The van der Waals surface area contributed by atoms with E-state index in [2.05, 4.69) is 6.92 Å². The molecule has 0 radical (unpaired) electrons. The fourth-order valence-electron chi connectivity index (χ4n) is 2.15. The topological polar surface area (TPSA) is 44.8 Å². The van der Waals surface area contributed by atoms with Crippen LogP contribution in [0.2, 0.25) is 0 Å². The van der Waals surface area contributed by atoms with Crippen LogP contribution in [0.25, 0.3) is 0 Å². The van der Waals surface area contributed by atoms with Crippen molar-refractivity contribution in [1.82, 2.24) is 0 Å². The Balaban J connectivity index is 4.57. The van der Waals surface area contributed by atoms with Gasteiger partial charge >= 0.3 is 5.97 Å². The van der Waals surface area contributed by atoms with Crippen molar-refractivity contribution in [3.8, 4) is 0 Å². The molecule has 0 bridgehead atoms. The van der Waals surface area contributed by atoms with E-state index in [4.69, 9.17) is 14.2 Å². The van der Waals surface area contributed by atoms with Crippen molar-refractivity contribution < 1.29 is 19.0 Å². The number of esters is 1. The lowest BCUT2D eigenvalue weighted by Crippen LogP contribution is -2.45. The summed E-state index contributed by atoms with van der Waals surface area (Å²) in [6.45, 7) is 16.4. The van der Waals surface area contributed by atoms with E-state index in [9.17, 15) is 4.79 Å². The number of carbonyl (C=O) groups is 1. The van der Waals surface area contributed by atoms with Crippen LogP contribution in [0.4, 0.5) is 0 Å². The zero-order chi connectivity index (χ0) is 16.7. The second-order valence-corrected chi connectivity index (χ2v) is 7.64. The molecule has 0 aliphatic rings. The standard InChI is InChI=1S/C17H34O4/c1-9-10-13-19-14(18)11-12-17(8,20-15(2,3)4)21-16(5,6)7/h9-13H2,1-8H3. The number of unbranched alkanes of at least 4 members (excludes halogenated alkanes) is 1. The van der Waals surface area contributed by atoms with Gasteiger partial charge in [0.1, 0.15) is 0 Å². The lowest BCUT2D eigenvalue weighted by Gasteiger charge is -2.40. The van der Waals surface area contributed by atoms with Gasteiger partial charge in [-0.05, 0) is 54.9 Å². The molecule has 0 saturated carbocycles. The third-order valence-corrected chi connectivity index (χ3v) is 2.59. The molecule has 0 aliphatic heterocycles. The SMILES string of the molecule is CCCCOC(=O)CCC(C)(OC(C)(C)C)OC(C)(C)C. The molecule has 0 spiro atoms. The Morgan fingerprint density at radius 3 is 1.76 bits per heavy atom. The van der Waals surface area contributed by atoms with Gasteiger partial charge in [0, 0.05) is 6.42 Å². The predicted octanol–water partition coefficient (Wildman–Crippen LogP) is 4.46. The molecule has 0 aromatic carbocycles. The zero-order valence-corrected chi connectivity index (χ0v) is 15.2. The van der Waals surface area contributed by atoms with Gasteiger partial charge < -0.3 is 14.2 Å². The number of carbonyl (C=O) groups excluding carboxylic acids is 1. The number of hydrogen-bond acceptors (Lipinski definition) is 4. The Labute approximate surface area is 130 Å². The summed E-state index contributed by atoms with van der Waals surface area (Å²) < 4.78 is 17.3. The second kappa shape index (κ2) is 8.14. The average Bonchev–Trinajstić information content (AvgIpc) is 2.21. The summed E-state index contributed by atoms with van der Waals surface area (Å²) in [7, 11) is 0. The molecule has 0 rings (SSSR count). The molecular weight excluding hydrogens is 268 g/mol. The molecule has 0 saturated heterocycles. The molecule has 4 heteroatoms. The maximum Gasteiger partial charge on any atom is 0.305 e. The van der Waals surface area contributed by atoms with E-state index in [-0.39, 0.29) is 17.2 Å². The first kappa shape index (κ1) is 20.4. The first-order valence-corrected chi connectivity index (χ1v) is 7.93. The van der Waals surface area contributed by atoms with E-state index < -0.39 is 5.79 Å². The Morgan fingerprint density at radius 2 is 1.38 bits per heavy atom. The van der Waals surface area contributed by atoms with Gasteiger partial charge in [0.2, 0.25) is 0 Å². The Morgan fingerprint density at radius 1 is 0.905 bits per heavy atom. The van der Waals surface area contributed by atoms with Crippen molar-refractivity contribution in [3.05, 3.63) is 0 Å². The van der Waals surface area contributed by atoms with E-state index in [1.807, 2.05) is 48.5 Å². The van der Waals surface area contributed by atoms with Gasteiger partial charge in [0.15, 0.2) is 5.79 Å². The number of ether oxygens (including phenoxy) is 3. The van der Waals surface area contributed by atoms with E-state index in [1.54, 1.807) is 0 Å². The largest absolute Gasteiger partial charge is 0.466 e. The minimum atomic E-state index is -0.805. The average molecular weight is 302 g/mol. The third-order valence-electron chi connectivity index (χ3n) is 2.59. The highest BCUT2D eigenvalue weighted by atomic mass is 16.7. The van der Waals surface area contributed by atoms with E-state index in [0.29, 0.717) is 19.4 Å². The van der Waals surface area contributed by atoms with Crippen LogP contribution in [-0.4, -0.2) is 29.6 Å². The van der Waals surface area contributed by atoms with Crippen molar-refractivity contribution in [2.45, 2.75) is 98.1 Å². The van der Waals surface area contributed by atoms with Crippen LogP contribution in [0.15, 0.2) is 0 Å². The highest BCUT2D eigenvalue weighted by Gasteiger charge is 2.36. The molecule has 0 N–H and O–H groups in total. The van der Waals surface area contributed by atoms with Gasteiger partial charge in [0.05, 0.1) is 24.2 Å². The first-order valence-electron chi connectivity index (χ1n) is 7.93. The highest BCUT2D eigenvalue weighted by molar-refractivity contribution is 5.69. The van der Waals surface area contributed by atoms with Crippen molar-refractivity contribution in [2.24, 2.45) is 0 Å². The molecule has 0 amide bonds. The maximum atomic E-state index is 11.8. The monoisotopic (exact) mass is 302 g/mol. The minimum absolute atomic E-state index is 0.190. The van der Waals surface area contributed by atoms with Gasteiger partial charge in [-0.2, -0.15) is 0 Å². The minimum Gasteiger partial charge on any atom is -0.466 e. The van der Waals surface area contributed by atoms with Crippen LogP contribution >= 0.6 is 0 Å². The van der Waals surface area contributed by atoms with Crippen LogP contribution in [0.1, 0.15) is 81.1 Å². The van der Waals surface area contributed by atoms with Crippen LogP contribution in [0.3, 0.4) is 0 Å². The second-order valence-electron chi connectivity index (χ2n) is 7.64. The summed E-state index contributed by atoms with van der Waals surface area (Å²) in [5.74, 6) is -0.995. The maximum absolute atomic E-state index is 11.8. The molecule has 0 aliphatic carbocycles. The molecule has 126 valence electrons. The predicted molar refractivity (Wildman–Crippen MR) is 85.2 cm³/mol. The van der Waals surface area contributed by atoms with Gasteiger partial charge in [0.25, 0.3) is 0 Å². The van der Waals surface area contributed by atoms with Gasteiger partial charge in [-0.15, -0.1) is 0 Å². The van der Waals surface area contributed by atoms with Gasteiger partial charge in [-0.25, -0.2) is 0 Å². The molecule has 21 heavy (non-hydrogen) atoms. The molecule has 0 heterocycles. The summed E-state index contributed by atoms with van der Waals surface area (Å²) >= 11 is 0. The number of rotatable bonds is 8. The highest BCUT2D eigenvalue weighted by Crippen LogP contribution is 2.30. The van der Waals surface area contributed by atoms with Crippen LogP contribution < -0.4 is 0 Å². The number of hydrogen-bond donors (Lipinski definition) is 0. The van der Waals surface area contributed by atoms with Crippen molar-refractivity contribution in [1.29, 1.82) is 0 Å². The normalized spacial score (nSPS) is 13.3. The summed E-state index contributed by atoms with van der Waals surface area (Å²) in [5.41, 5.74) is -0.682.